The SMILES string of the molecule is CC(C)CC(C)N(C)c1ccc(F)cc1C(C)O. The van der Waals surface area contributed by atoms with Crippen molar-refractivity contribution in [3.05, 3.63) is 29.6 Å². The lowest BCUT2D eigenvalue weighted by Crippen LogP contribution is -2.31. The minimum atomic E-state index is -0.663. The van der Waals surface area contributed by atoms with Crippen LogP contribution in [0.3, 0.4) is 0 Å². The maximum absolute atomic E-state index is 13.3. The highest BCUT2D eigenvalue weighted by atomic mass is 19.1. The summed E-state index contributed by atoms with van der Waals surface area (Å²) in [7, 11) is 1.99. The van der Waals surface area contributed by atoms with E-state index in [-0.39, 0.29) is 5.82 Å². The van der Waals surface area contributed by atoms with Gasteiger partial charge in [-0.05, 0) is 44.4 Å². The first-order valence-electron chi connectivity index (χ1n) is 6.53. The van der Waals surface area contributed by atoms with Gasteiger partial charge in [0.25, 0.3) is 0 Å². The molecule has 1 aromatic carbocycles. The molecule has 0 bridgehead atoms. The molecule has 2 nitrogen and oxygen atoms in total. The predicted molar refractivity (Wildman–Crippen MR) is 74.4 cm³/mol. The molecule has 0 aliphatic heterocycles. The van der Waals surface area contributed by atoms with Gasteiger partial charge in [0.15, 0.2) is 0 Å². The van der Waals surface area contributed by atoms with Gasteiger partial charge in [-0.25, -0.2) is 4.39 Å². The number of rotatable bonds is 5. The molecule has 0 aliphatic carbocycles. The predicted octanol–water partition coefficient (Wildman–Crippen LogP) is 3.75. The summed E-state index contributed by atoms with van der Waals surface area (Å²) < 4.78 is 13.3. The van der Waals surface area contributed by atoms with Crippen molar-refractivity contribution >= 4 is 5.69 Å². The second kappa shape index (κ2) is 6.19. The highest BCUT2D eigenvalue weighted by Gasteiger charge is 2.17. The van der Waals surface area contributed by atoms with Crippen molar-refractivity contribution in [2.45, 2.75) is 46.3 Å². The highest BCUT2D eigenvalue weighted by molar-refractivity contribution is 5.54. The molecule has 18 heavy (non-hydrogen) atoms. The molecule has 1 aromatic rings. The van der Waals surface area contributed by atoms with Crippen LogP contribution in [0.5, 0.6) is 0 Å². The zero-order valence-corrected chi connectivity index (χ0v) is 11.9. The lowest BCUT2D eigenvalue weighted by atomic mass is 10.0. The summed E-state index contributed by atoms with van der Waals surface area (Å²) in [5.74, 6) is 0.303. The Labute approximate surface area is 109 Å². The van der Waals surface area contributed by atoms with Crippen LogP contribution < -0.4 is 4.90 Å². The van der Waals surface area contributed by atoms with Crippen molar-refractivity contribution in [1.82, 2.24) is 0 Å². The Morgan fingerprint density at radius 3 is 2.33 bits per heavy atom. The standard InChI is InChI=1S/C15H24FNO/c1-10(2)8-11(3)17(5)15-7-6-13(16)9-14(15)12(4)18/h6-7,9-12,18H,8H2,1-5H3. The van der Waals surface area contributed by atoms with Crippen LogP contribution in [0.15, 0.2) is 18.2 Å². The summed E-state index contributed by atoms with van der Waals surface area (Å²) in [6.45, 7) is 8.18. The molecule has 0 radical (unpaired) electrons. The zero-order chi connectivity index (χ0) is 13.9. The number of hydrogen-bond acceptors (Lipinski definition) is 2. The van der Waals surface area contributed by atoms with E-state index in [0.29, 0.717) is 17.5 Å². The summed E-state index contributed by atoms with van der Waals surface area (Å²) in [5, 5.41) is 9.75. The van der Waals surface area contributed by atoms with Crippen LogP contribution in [-0.4, -0.2) is 18.2 Å². The van der Waals surface area contributed by atoms with E-state index < -0.39 is 6.10 Å². The molecule has 3 heteroatoms. The molecule has 0 heterocycles. The van der Waals surface area contributed by atoms with E-state index in [1.54, 1.807) is 13.0 Å². The van der Waals surface area contributed by atoms with Crippen molar-refractivity contribution in [3.63, 3.8) is 0 Å². The van der Waals surface area contributed by atoms with Crippen molar-refractivity contribution in [2.75, 3.05) is 11.9 Å². The van der Waals surface area contributed by atoms with Crippen LogP contribution in [0.1, 0.15) is 45.8 Å². The molecule has 1 N–H and O–H groups in total. The van der Waals surface area contributed by atoms with Crippen molar-refractivity contribution in [2.24, 2.45) is 5.92 Å². The molecule has 0 spiro atoms. The third-order valence-electron chi connectivity index (χ3n) is 3.29. The Balaban J connectivity index is 3.01. The minimum Gasteiger partial charge on any atom is -0.389 e. The van der Waals surface area contributed by atoms with Crippen LogP contribution in [0.2, 0.25) is 0 Å². The number of halogens is 1. The molecule has 0 fully saturated rings. The fraction of sp³-hybridized carbons (Fsp3) is 0.600. The van der Waals surface area contributed by atoms with Gasteiger partial charge in [-0.1, -0.05) is 13.8 Å². The van der Waals surface area contributed by atoms with Gasteiger partial charge in [0.05, 0.1) is 6.10 Å². The van der Waals surface area contributed by atoms with Crippen LogP contribution in [0.4, 0.5) is 10.1 Å². The summed E-state index contributed by atoms with van der Waals surface area (Å²) in [5.41, 5.74) is 1.55. The number of nitrogens with zero attached hydrogens (tertiary/aromatic N) is 1. The summed E-state index contributed by atoms with van der Waals surface area (Å²) in [6, 6.07) is 4.96. The van der Waals surface area contributed by atoms with Gasteiger partial charge in [-0.15, -0.1) is 0 Å². The van der Waals surface area contributed by atoms with Crippen LogP contribution >= 0.6 is 0 Å². The van der Waals surface area contributed by atoms with Gasteiger partial charge in [0, 0.05) is 24.3 Å². The average Bonchev–Trinajstić information content (AvgIpc) is 2.26. The van der Waals surface area contributed by atoms with Gasteiger partial charge in [0.2, 0.25) is 0 Å². The first-order chi connectivity index (χ1) is 8.32. The molecule has 0 aromatic heterocycles. The Bertz CT molecular complexity index is 390. The Morgan fingerprint density at radius 2 is 1.83 bits per heavy atom. The Kier molecular flexibility index (Phi) is 5.15. The molecule has 102 valence electrons. The monoisotopic (exact) mass is 253 g/mol. The lowest BCUT2D eigenvalue weighted by Gasteiger charge is -2.30. The van der Waals surface area contributed by atoms with E-state index in [2.05, 4.69) is 25.7 Å². The van der Waals surface area contributed by atoms with E-state index in [4.69, 9.17) is 0 Å². The van der Waals surface area contributed by atoms with Gasteiger partial charge < -0.3 is 10.0 Å². The fourth-order valence-corrected chi connectivity index (χ4v) is 2.26. The molecule has 0 saturated heterocycles. The van der Waals surface area contributed by atoms with Gasteiger partial charge >= 0.3 is 0 Å². The third kappa shape index (κ3) is 3.70. The number of benzene rings is 1. The molecule has 0 aliphatic rings. The summed E-state index contributed by atoms with van der Waals surface area (Å²) in [6.07, 6.45) is 0.400. The van der Waals surface area contributed by atoms with Crippen molar-refractivity contribution in [1.29, 1.82) is 0 Å². The van der Waals surface area contributed by atoms with Gasteiger partial charge in [0.1, 0.15) is 5.82 Å². The van der Waals surface area contributed by atoms with E-state index in [1.165, 1.54) is 12.1 Å². The van der Waals surface area contributed by atoms with Crippen molar-refractivity contribution in [3.8, 4) is 0 Å². The molecular weight excluding hydrogens is 229 g/mol. The molecule has 2 atom stereocenters. The van der Waals surface area contributed by atoms with E-state index in [9.17, 15) is 9.50 Å². The van der Waals surface area contributed by atoms with E-state index in [0.717, 1.165) is 12.1 Å². The molecular formula is C15H24FNO. The minimum absolute atomic E-state index is 0.306. The van der Waals surface area contributed by atoms with E-state index >= 15 is 0 Å². The summed E-state index contributed by atoms with van der Waals surface area (Å²) in [4.78, 5) is 2.11. The van der Waals surface area contributed by atoms with Crippen LogP contribution in [0.25, 0.3) is 0 Å². The topological polar surface area (TPSA) is 23.5 Å². The lowest BCUT2D eigenvalue weighted by molar-refractivity contribution is 0.199. The van der Waals surface area contributed by atoms with Gasteiger partial charge in [-0.2, -0.15) is 0 Å². The molecule has 1 rings (SSSR count). The average molecular weight is 253 g/mol. The maximum Gasteiger partial charge on any atom is 0.123 e. The van der Waals surface area contributed by atoms with E-state index in [1.807, 2.05) is 7.05 Å². The number of hydrogen-bond donors (Lipinski definition) is 1. The van der Waals surface area contributed by atoms with Crippen LogP contribution in [-0.2, 0) is 0 Å². The number of aliphatic hydroxyl groups is 1. The Hall–Kier alpha value is -1.09. The second-order valence-corrected chi connectivity index (χ2v) is 5.47. The van der Waals surface area contributed by atoms with Crippen molar-refractivity contribution < 1.29 is 9.50 Å². The number of aliphatic hydroxyl groups excluding tert-OH is 1. The molecule has 0 saturated carbocycles. The number of anilines is 1. The smallest absolute Gasteiger partial charge is 0.123 e. The molecule has 2 unspecified atom stereocenters. The third-order valence-corrected chi connectivity index (χ3v) is 3.29. The van der Waals surface area contributed by atoms with Gasteiger partial charge in [-0.3, -0.25) is 0 Å². The first kappa shape index (κ1) is 15.0. The zero-order valence-electron chi connectivity index (χ0n) is 11.9. The second-order valence-electron chi connectivity index (χ2n) is 5.47. The maximum atomic E-state index is 13.3. The normalized spacial score (nSPS) is 14.7. The Morgan fingerprint density at radius 1 is 1.22 bits per heavy atom. The quantitative estimate of drug-likeness (QED) is 0.864. The summed E-state index contributed by atoms with van der Waals surface area (Å²) >= 11 is 0. The first-order valence-corrected chi connectivity index (χ1v) is 6.53. The largest absolute Gasteiger partial charge is 0.389 e. The molecule has 0 amide bonds. The highest BCUT2D eigenvalue weighted by Crippen LogP contribution is 2.28. The van der Waals surface area contributed by atoms with Crippen LogP contribution in [0, 0.1) is 11.7 Å². The fourth-order valence-electron chi connectivity index (χ4n) is 2.26.